The topological polar surface area (TPSA) is 37.3 Å². The highest BCUT2D eigenvalue weighted by Gasteiger charge is 1.97. The standard InChI is InChI=1S/C19H37O2/c1-2-3-4-5-6-7-8-9-10-11-12-13-14-15-16-17-18-19(20)21/h2H,3-18H2,1H3,(H,20,21). The summed E-state index contributed by atoms with van der Waals surface area (Å²) >= 11 is 0. The minimum absolute atomic E-state index is 0.344. The van der Waals surface area contributed by atoms with Gasteiger partial charge in [-0.1, -0.05) is 96.8 Å². The summed E-state index contributed by atoms with van der Waals surface area (Å²) in [5.74, 6) is -0.654. The molecule has 0 aliphatic heterocycles. The Morgan fingerprint density at radius 1 is 0.667 bits per heavy atom. The summed E-state index contributed by atoms with van der Waals surface area (Å²) in [6, 6.07) is 0. The predicted octanol–water partition coefficient (Wildman–Crippen LogP) is 6.54. The average Bonchev–Trinajstić information content (AvgIpc) is 2.46. The van der Waals surface area contributed by atoms with Crippen LogP contribution in [0.4, 0.5) is 0 Å². The molecule has 0 aromatic heterocycles. The third kappa shape index (κ3) is 19.5. The van der Waals surface area contributed by atoms with Crippen molar-refractivity contribution in [3.8, 4) is 0 Å². The van der Waals surface area contributed by atoms with Crippen LogP contribution in [-0.2, 0) is 4.79 Å². The molecule has 2 heteroatoms. The molecule has 0 aromatic rings. The second kappa shape index (κ2) is 17.5. The zero-order chi connectivity index (χ0) is 15.6. The molecular weight excluding hydrogens is 260 g/mol. The van der Waals surface area contributed by atoms with Gasteiger partial charge in [0.15, 0.2) is 0 Å². The van der Waals surface area contributed by atoms with Crippen LogP contribution in [0.3, 0.4) is 0 Å². The van der Waals surface area contributed by atoms with Gasteiger partial charge in [0.05, 0.1) is 0 Å². The summed E-state index contributed by atoms with van der Waals surface area (Å²) in [7, 11) is 0. The summed E-state index contributed by atoms with van der Waals surface area (Å²) in [4.78, 5) is 10.3. The molecule has 0 aromatic carbocycles. The minimum atomic E-state index is -0.654. The van der Waals surface area contributed by atoms with E-state index in [4.69, 9.17) is 5.11 Å². The van der Waals surface area contributed by atoms with Gasteiger partial charge < -0.3 is 5.11 Å². The van der Waals surface area contributed by atoms with E-state index in [1.807, 2.05) is 0 Å². The fourth-order valence-electron chi connectivity index (χ4n) is 2.75. The van der Waals surface area contributed by atoms with Gasteiger partial charge in [0.1, 0.15) is 0 Å². The number of carboxylic acids is 1. The Labute approximate surface area is 132 Å². The Hall–Kier alpha value is -0.530. The first-order valence-corrected chi connectivity index (χ1v) is 9.27. The lowest BCUT2D eigenvalue weighted by Gasteiger charge is -2.03. The predicted molar refractivity (Wildman–Crippen MR) is 91.5 cm³/mol. The van der Waals surface area contributed by atoms with Crippen molar-refractivity contribution in [1.29, 1.82) is 0 Å². The molecule has 125 valence electrons. The van der Waals surface area contributed by atoms with Crippen LogP contribution >= 0.6 is 0 Å². The molecule has 1 N–H and O–H groups in total. The molecule has 0 rings (SSSR count). The van der Waals surface area contributed by atoms with E-state index in [9.17, 15) is 4.79 Å². The number of carboxylic acid groups (broad SMARTS) is 1. The molecule has 0 heterocycles. The van der Waals surface area contributed by atoms with E-state index in [0.717, 1.165) is 12.8 Å². The lowest BCUT2D eigenvalue weighted by atomic mass is 10.0. The van der Waals surface area contributed by atoms with Gasteiger partial charge in [-0.15, -0.1) is 0 Å². The van der Waals surface area contributed by atoms with Crippen LogP contribution in [0, 0.1) is 6.42 Å². The number of carbonyl (C=O) groups is 1. The van der Waals surface area contributed by atoms with Gasteiger partial charge in [0.2, 0.25) is 0 Å². The van der Waals surface area contributed by atoms with Crippen LogP contribution in [0.5, 0.6) is 0 Å². The third-order valence-corrected chi connectivity index (χ3v) is 4.13. The molecule has 0 aliphatic carbocycles. The minimum Gasteiger partial charge on any atom is -0.481 e. The smallest absolute Gasteiger partial charge is 0.303 e. The highest BCUT2D eigenvalue weighted by Crippen LogP contribution is 2.13. The third-order valence-electron chi connectivity index (χ3n) is 4.13. The number of hydrogen-bond donors (Lipinski definition) is 1. The molecule has 0 amide bonds. The van der Waals surface area contributed by atoms with E-state index in [-0.39, 0.29) is 0 Å². The zero-order valence-electron chi connectivity index (χ0n) is 14.2. The first-order valence-electron chi connectivity index (χ1n) is 9.27. The molecule has 2 nitrogen and oxygen atoms in total. The molecular formula is C19H37O2. The Morgan fingerprint density at radius 2 is 1.00 bits per heavy atom. The van der Waals surface area contributed by atoms with E-state index in [0.29, 0.717) is 6.42 Å². The summed E-state index contributed by atoms with van der Waals surface area (Å²) in [5.41, 5.74) is 0. The van der Waals surface area contributed by atoms with Crippen LogP contribution in [0.25, 0.3) is 0 Å². The van der Waals surface area contributed by atoms with Crippen molar-refractivity contribution in [2.45, 2.75) is 110 Å². The van der Waals surface area contributed by atoms with Crippen molar-refractivity contribution in [2.75, 3.05) is 0 Å². The van der Waals surface area contributed by atoms with Gasteiger partial charge in [-0.3, -0.25) is 4.79 Å². The molecule has 0 fully saturated rings. The first kappa shape index (κ1) is 20.5. The van der Waals surface area contributed by atoms with Gasteiger partial charge in [0, 0.05) is 6.42 Å². The van der Waals surface area contributed by atoms with E-state index in [1.165, 1.54) is 83.5 Å². The highest BCUT2D eigenvalue weighted by atomic mass is 16.4. The Bertz CT molecular complexity index is 214. The Balaban J connectivity index is 2.95. The summed E-state index contributed by atoms with van der Waals surface area (Å²) in [6.45, 7) is 2.15. The summed E-state index contributed by atoms with van der Waals surface area (Å²) in [6.07, 6.45) is 22.3. The van der Waals surface area contributed by atoms with Crippen molar-refractivity contribution >= 4 is 5.97 Å². The van der Waals surface area contributed by atoms with Crippen LogP contribution < -0.4 is 0 Å². The van der Waals surface area contributed by atoms with Crippen LogP contribution in [0.2, 0.25) is 0 Å². The molecule has 0 saturated heterocycles. The molecule has 0 atom stereocenters. The highest BCUT2D eigenvalue weighted by molar-refractivity contribution is 5.66. The van der Waals surface area contributed by atoms with E-state index in [2.05, 4.69) is 13.3 Å². The molecule has 0 saturated carbocycles. The maximum Gasteiger partial charge on any atom is 0.303 e. The van der Waals surface area contributed by atoms with E-state index >= 15 is 0 Å². The van der Waals surface area contributed by atoms with Crippen LogP contribution in [0.1, 0.15) is 110 Å². The Kier molecular flexibility index (Phi) is 17.1. The van der Waals surface area contributed by atoms with Gasteiger partial charge in [0.25, 0.3) is 0 Å². The molecule has 1 radical (unpaired) electrons. The van der Waals surface area contributed by atoms with E-state index in [1.54, 1.807) is 0 Å². The number of unbranched alkanes of at least 4 members (excludes halogenated alkanes) is 15. The van der Waals surface area contributed by atoms with Gasteiger partial charge >= 0.3 is 5.97 Å². The van der Waals surface area contributed by atoms with Gasteiger partial charge in [-0.25, -0.2) is 0 Å². The number of aliphatic carboxylic acids is 1. The lowest BCUT2D eigenvalue weighted by Crippen LogP contribution is -1.93. The normalized spacial score (nSPS) is 10.9. The molecule has 0 spiro atoms. The SMILES string of the molecule is C[CH]CCCCCCCCCCCCCCCCC(=O)O. The maximum absolute atomic E-state index is 10.3. The molecule has 0 bridgehead atoms. The largest absolute Gasteiger partial charge is 0.481 e. The van der Waals surface area contributed by atoms with Crippen molar-refractivity contribution in [2.24, 2.45) is 0 Å². The lowest BCUT2D eigenvalue weighted by molar-refractivity contribution is -0.137. The monoisotopic (exact) mass is 297 g/mol. The number of hydrogen-bond acceptors (Lipinski definition) is 1. The Morgan fingerprint density at radius 3 is 1.33 bits per heavy atom. The van der Waals surface area contributed by atoms with Crippen molar-refractivity contribution in [3.63, 3.8) is 0 Å². The quantitative estimate of drug-likeness (QED) is 0.310. The maximum atomic E-state index is 10.3. The average molecular weight is 298 g/mol. The second-order valence-electron chi connectivity index (χ2n) is 6.29. The fraction of sp³-hybridized carbons (Fsp3) is 0.895. The summed E-state index contributed by atoms with van der Waals surface area (Å²) < 4.78 is 0. The van der Waals surface area contributed by atoms with E-state index < -0.39 is 5.97 Å². The fourth-order valence-corrected chi connectivity index (χ4v) is 2.75. The van der Waals surface area contributed by atoms with Crippen molar-refractivity contribution < 1.29 is 9.90 Å². The van der Waals surface area contributed by atoms with Crippen molar-refractivity contribution in [1.82, 2.24) is 0 Å². The first-order chi connectivity index (χ1) is 10.3. The number of rotatable bonds is 17. The van der Waals surface area contributed by atoms with Crippen LogP contribution in [-0.4, -0.2) is 11.1 Å². The van der Waals surface area contributed by atoms with Gasteiger partial charge in [-0.2, -0.15) is 0 Å². The second-order valence-corrected chi connectivity index (χ2v) is 6.29. The molecule has 0 aliphatic rings. The molecule has 21 heavy (non-hydrogen) atoms. The van der Waals surface area contributed by atoms with Gasteiger partial charge in [-0.05, 0) is 12.8 Å². The van der Waals surface area contributed by atoms with Crippen LogP contribution in [0.15, 0.2) is 0 Å². The molecule has 0 unspecified atom stereocenters. The van der Waals surface area contributed by atoms with Crippen molar-refractivity contribution in [3.05, 3.63) is 6.42 Å². The summed E-state index contributed by atoms with van der Waals surface area (Å²) in [5, 5.41) is 8.53. The zero-order valence-corrected chi connectivity index (χ0v) is 14.2.